The normalized spacial score (nSPS) is 12.6. The van der Waals surface area contributed by atoms with Gasteiger partial charge in [-0.15, -0.1) is 0 Å². The molecule has 3 rings (SSSR count). The summed E-state index contributed by atoms with van der Waals surface area (Å²) in [6.07, 6.45) is -0.673. The smallest absolute Gasteiger partial charge is 0.408 e. The second kappa shape index (κ2) is 8.60. The highest BCUT2D eigenvalue weighted by Gasteiger charge is 2.26. The van der Waals surface area contributed by atoms with Crippen molar-refractivity contribution in [2.45, 2.75) is 45.8 Å². The minimum Gasteiger partial charge on any atom is -0.444 e. The van der Waals surface area contributed by atoms with E-state index >= 15 is 0 Å². The van der Waals surface area contributed by atoms with Crippen LogP contribution in [-0.4, -0.2) is 21.2 Å². The van der Waals surface area contributed by atoms with Gasteiger partial charge < -0.3 is 10.1 Å². The Balaban J connectivity index is 2.29. The lowest BCUT2D eigenvalue weighted by atomic mass is 10.1. The average molecular weight is 451 g/mol. The molecule has 2 aromatic carbocycles. The number of nitrogens with zero attached hydrogens (tertiary/aromatic N) is 2. The van der Waals surface area contributed by atoms with Crippen LogP contribution in [0.25, 0.3) is 16.6 Å². The number of hydrogen-bond acceptors (Lipinski definition) is 4. The molecule has 32 heavy (non-hydrogen) atoms. The molecule has 170 valence electrons. The van der Waals surface area contributed by atoms with Crippen LogP contribution in [0, 0.1) is 23.3 Å². The van der Waals surface area contributed by atoms with Crippen molar-refractivity contribution in [3.63, 3.8) is 0 Å². The van der Waals surface area contributed by atoms with Gasteiger partial charge in [-0.25, -0.2) is 27.3 Å². The maximum absolute atomic E-state index is 14.4. The zero-order valence-electron chi connectivity index (χ0n) is 17.8. The summed E-state index contributed by atoms with van der Waals surface area (Å²) < 4.78 is 62.1. The zero-order valence-corrected chi connectivity index (χ0v) is 17.8. The third-order valence-electron chi connectivity index (χ3n) is 4.43. The molecular formula is C22H21F4N3O3. The van der Waals surface area contributed by atoms with Crippen molar-refractivity contribution in [2.24, 2.45) is 0 Å². The lowest BCUT2D eigenvalue weighted by molar-refractivity contribution is 0.0499. The molecule has 6 nitrogen and oxygen atoms in total. The van der Waals surface area contributed by atoms with Crippen molar-refractivity contribution < 1.29 is 27.1 Å². The SMILES string of the molecule is CCC(NC(=O)OC(C)(C)C)c1nc2c(F)cc(F)cc2c(=O)n1-c1cc(F)cc(F)c1. The number of benzene rings is 2. The predicted molar refractivity (Wildman–Crippen MR) is 110 cm³/mol. The Morgan fingerprint density at radius 2 is 1.66 bits per heavy atom. The third-order valence-corrected chi connectivity index (χ3v) is 4.43. The van der Waals surface area contributed by atoms with Crippen molar-refractivity contribution in [3.05, 3.63) is 69.8 Å². The molecule has 0 saturated heterocycles. The molecule has 0 saturated carbocycles. The summed E-state index contributed by atoms with van der Waals surface area (Å²) in [6, 6.07) is 2.70. The molecule has 3 aromatic rings. The maximum Gasteiger partial charge on any atom is 0.408 e. The molecule has 0 fully saturated rings. The Labute approximate surface area is 180 Å². The molecule has 0 spiro atoms. The quantitative estimate of drug-likeness (QED) is 0.572. The van der Waals surface area contributed by atoms with Gasteiger partial charge in [0.25, 0.3) is 5.56 Å². The van der Waals surface area contributed by atoms with Gasteiger partial charge >= 0.3 is 6.09 Å². The number of ether oxygens (including phenoxy) is 1. The molecule has 1 atom stereocenters. The molecule has 0 aliphatic rings. The summed E-state index contributed by atoms with van der Waals surface area (Å²) in [5, 5.41) is 2.11. The summed E-state index contributed by atoms with van der Waals surface area (Å²) in [7, 11) is 0. The molecule has 0 aliphatic heterocycles. The summed E-state index contributed by atoms with van der Waals surface area (Å²) in [5.41, 5.74) is -2.48. The van der Waals surface area contributed by atoms with Gasteiger partial charge in [0.2, 0.25) is 0 Å². The topological polar surface area (TPSA) is 73.2 Å². The zero-order chi connectivity index (χ0) is 23.8. The largest absolute Gasteiger partial charge is 0.444 e. The Morgan fingerprint density at radius 1 is 1.06 bits per heavy atom. The van der Waals surface area contributed by atoms with Gasteiger partial charge in [0, 0.05) is 12.1 Å². The van der Waals surface area contributed by atoms with Gasteiger partial charge in [0.15, 0.2) is 5.82 Å². The van der Waals surface area contributed by atoms with Gasteiger partial charge in [0.1, 0.15) is 34.4 Å². The second-order valence-electron chi connectivity index (χ2n) is 8.13. The fraction of sp³-hybridized carbons (Fsp3) is 0.318. The molecule has 1 unspecified atom stereocenters. The first-order chi connectivity index (χ1) is 14.9. The maximum atomic E-state index is 14.4. The highest BCUT2D eigenvalue weighted by Crippen LogP contribution is 2.24. The number of nitrogens with one attached hydrogen (secondary N) is 1. The summed E-state index contributed by atoms with van der Waals surface area (Å²) >= 11 is 0. The summed E-state index contributed by atoms with van der Waals surface area (Å²) in [4.78, 5) is 29.7. The first-order valence-corrected chi connectivity index (χ1v) is 9.77. The Morgan fingerprint density at radius 3 is 2.22 bits per heavy atom. The molecule has 1 amide bonds. The number of amides is 1. The number of carbonyl (C=O) groups is 1. The molecule has 1 heterocycles. The lowest BCUT2D eigenvalue weighted by Crippen LogP contribution is -2.38. The highest BCUT2D eigenvalue weighted by molar-refractivity contribution is 5.79. The molecule has 10 heteroatoms. The van der Waals surface area contributed by atoms with E-state index in [4.69, 9.17) is 4.74 Å². The second-order valence-corrected chi connectivity index (χ2v) is 8.13. The Bertz CT molecular complexity index is 1230. The molecule has 1 aromatic heterocycles. The summed E-state index contributed by atoms with van der Waals surface area (Å²) in [5.74, 6) is -4.26. The van der Waals surface area contributed by atoms with Crippen LogP contribution >= 0.6 is 0 Å². The number of rotatable bonds is 4. The van der Waals surface area contributed by atoms with E-state index < -0.39 is 57.5 Å². The molecule has 0 aliphatic carbocycles. The van der Waals surface area contributed by atoms with Crippen molar-refractivity contribution in [1.82, 2.24) is 14.9 Å². The fourth-order valence-corrected chi connectivity index (χ4v) is 3.18. The van der Waals surface area contributed by atoms with Gasteiger partial charge in [-0.2, -0.15) is 0 Å². The number of fused-ring (bicyclic) bond motifs is 1. The van der Waals surface area contributed by atoms with Crippen molar-refractivity contribution in [3.8, 4) is 5.69 Å². The van der Waals surface area contributed by atoms with Crippen molar-refractivity contribution in [2.75, 3.05) is 0 Å². The minimum absolute atomic E-state index is 0.164. The molecule has 0 radical (unpaired) electrons. The third kappa shape index (κ3) is 4.90. The number of halogens is 4. The van der Waals surface area contributed by atoms with Crippen molar-refractivity contribution >= 4 is 17.0 Å². The van der Waals surface area contributed by atoms with Crippen LogP contribution in [0.15, 0.2) is 35.1 Å². The van der Waals surface area contributed by atoms with E-state index in [1.807, 2.05) is 0 Å². The van der Waals surface area contributed by atoms with Gasteiger partial charge in [-0.1, -0.05) is 6.92 Å². The summed E-state index contributed by atoms with van der Waals surface area (Å²) in [6.45, 7) is 6.60. The van der Waals surface area contributed by atoms with E-state index in [2.05, 4.69) is 10.3 Å². The number of aromatic nitrogens is 2. The van der Waals surface area contributed by atoms with E-state index in [9.17, 15) is 27.2 Å². The highest BCUT2D eigenvalue weighted by atomic mass is 19.1. The fourth-order valence-electron chi connectivity index (χ4n) is 3.18. The van der Waals surface area contributed by atoms with Gasteiger partial charge in [-0.05, 0) is 45.4 Å². The van der Waals surface area contributed by atoms with E-state index in [0.29, 0.717) is 12.1 Å². The van der Waals surface area contributed by atoms with Gasteiger partial charge in [-0.3, -0.25) is 9.36 Å². The van der Waals surface area contributed by atoms with Crippen LogP contribution < -0.4 is 10.9 Å². The number of alkyl carbamates (subject to hydrolysis) is 1. The minimum atomic E-state index is -1.09. The molecule has 0 bridgehead atoms. The van der Waals surface area contributed by atoms with Crippen LogP contribution in [-0.2, 0) is 4.74 Å². The predicted octanol–water partition coefficient (Wildman–Crippen LogP) is 4.92. The van der Waals surface area contributed by atoms with Gasteiger partial charge in [0.05, 0.1) is 17.1 Å². The lowest BCUT2D eigenvalue weighted by Gasteiger charge is -2.24. The van der Waals surface area contributed by atoms with E-state index in [1.54, 1.807) is 27.7 Å². The van der Waals surface area contributed by atoms with Crippen LogP contribution in [0.3, 0.4) is 0 Å². The van der Waals surface area contributed by atoms with E-state index in [-0.39, 0.29) is 17.9 Å². The monoisotopic (exact) mass is 451 g/mol. The Hall–Kier alpha value is -3.43. The standard InChI is InChI=1S/C22H21F4N3O3/c1-5-17(27-21(31)32-22(2,3)4)19-28-18-15(9-13(25)10-16(18)26)20(30)29(19)14-7-11(23)6-12(24)8-14/h6-10,17H,5H2,1-4H3,(H,27,31). The van der Waals surface area contributed by atoms with Crippen LogP contribution in [0.2, 0.25) is 0 Å². The number of hydrogen-bond donors (Lipinski definition) is 1. The molecular weight excluding hydrogens is 430 g/mol. The average Bonchev–Trinajstić information content (AvgIpc) is 2.64. The first kappa shape index (κ1) is 23.2. The molecule has 1 N–H and O–H groups in total. The van der Waals surface area contributed by atoms with Crippen LogP contribution in [0.4, 0.5) is 22.4 Å². The van der Waals surface area contributed by atoms with E-state index in [0.717, 1.165) is 22.8 Å². The first-order valence-electron chi connectivity index (χ1n) is 9.77. The van der Waals surface area contributed by atoms with E-state index in [1.165, 1.54) is 0 Å². The van der Waals surface area contributed by atoms with Crippen molar-refractivity contribution in [1.29, 1.82) is 0 Å². The Kier molecular flexibility index (Phi) is 6.25. The van der Waals surface area contributed by atoms with Crippen LogP contribution in [0.5, 0.6) is 0 Å². The van der Waals surface area contributed by atoms with Crippen LogP contribution in [0.1, 0.15) is 46.0 Å². The number of carbonyl (C=O) groups excluding carboxylic acids is 1.